The molecule has 144 valence electrons. The summed E-state index contributed by atoms with van der Waals surface area (Å²) >= 11 is 0. The second-order valence-corrected chi connectivity index (χ2v) is 9.56. The predicted molar refractivity (Wildman–Crippen MR) is 100 cm³/mol. The molecule has 1 atom stereocenters. The van der Waals surface area contributed by atoms with E-state index < -0.39 is 9.84 Å². The lowest BCUT2D eigenvalue weighted by Crippen LogP contribution is -2.54. The van der Waals surface area contributed by atoms with Crippen LogP contribution >= 0.6 is 0 Å². The van der Waals surface area contributed by atoms with Crippen LogP contribution in [0.4, 0.5) is 0 Å². The van der Waals surface area contributed by atoms with Gasteiger partial charge in [-0.25, -0.2) is 8.42 Å². The summed E-state index contributed by atoms with van der Waals surface area (Å²) in [5.74, 6) is 1.77. The molecule has 0 saturated carbocycles. The highest BCUT2D eigenvalue weighted by Crippen LogP contribution is 2.18. The van der Waals surface area contributed by atoms with Crippen molar-refractivity contribution in [3.8, 4) is 0 Å². The Morgan fingerprint density at radius 3 is 2.36 bits per heavy atom. The maximum atomic E-state index is 12.1. The molecule has 25 heavy (non-hydrogen) atoms. The lowest BCUT2D eigenvalue weighted by Gasteiger charge is -2.37. The van der Waals surface area contributed by atoms with Gasteiger partial charge in [0.15, 0.2) is 15.8 Å². The van der Waals surface area contributed by atoms with Gasteiger partial charge in [-0.3, -0.25) is 9.79 Å². The minimum absolute atomic E-state index is 0.0298. The second kappa shape index (κ2) is 8.87. The van der Waals surface area contributed by atoms with Gasteiger partial charge in [0.25, 0.3) is 0 Å². The molecule has 7 nitrogen and oxygen atoms in total. The van der Waals surface area contributed by atoms with Crippen LogP contribution in [0.2, 0.25) is 0 Å². The Hall–Kier alpha value is -1.31. The van der Waals surface area contributed by atoms with Gasteiger partial charge >= 0.3 is 0 Å². The van der Waals surface area contributed by atoms with E-state index in [1.165, 1.54) is 0 Å². The molecule has 0 aromatic carbocycles. The van der Waals surface area contributed by atoms with E-state index in [1.807, 2.05) is 18.7 Å². The average Bonchev–Trinajstić information content (AvgIpc) is 2.93. The van der Waals surface area contributed by atoms with Gasteiger partial charge in [-0.15, -0.1) is 0 Å². The highest BCUT2D eigenvalue weighted by Gasteiger charge is 2.28. The van der Waals surface area contributed by atoms with Crippen LogP contribution in [0.3, 0.4) is 0 Å². The molecule has 0 aliphatic carbocycles. The number of aliphatic imine (C=N–C) groups is 1. The van der Waals surface area contributed by atoms with Crippen molar-refractivity contribution in [1.82, 2.24) is 15.1 Å². The smallest absolute Gasteiger partial charge is 0.225 e. The van der Waals surface area contributed by atoms with E-state index in [4.69, 9.17) is 4.99 Å². The van der Waals surface area contributed by atoms with Crippen LogP contribution < -0.4 is 5.32 Å². The third-order valence-corrected chi connectivity index (χ3v) is 6.58. The number of hydrogen-bond acceptors (Lipinski definition) is 4. The second-order valence-electron chi connectivity index (χ2n) is 7.33. The Morgan fingerprint density at radius 1 is 1.20 bits per heavy atom. The Kier molecular flexibility index (Phi) is 7.10. The van der Waals surface area contributed by atoms with Crippen molar-refractivity contribution in [3.63, 3.8) is 0 Å². The SMILES string of the molecule is CCCNC(=NCC1CCS(=O)(=O)C1)N1CCN(C(=O)C(C)C)CC1. The third-order valence-electron chi connectivity index (χ3n) is 4.74. The first-order valence-electron chi connectivity index (χ1n) is 9.35. The molecule has 0 bridgehead atoms. The lowest BCUT2D eigenvalue weighted by molar-refractivity contribution is -0.135. The van der Waals surface area contributed by atoms with E-state index in [2.05, 4.69) is 17.1 Å². The fourth-order valence-corrected chi connectivity index (χ4v) is 5.09. The minimum atomic E-state index is -2.86. The number of nitrogens with one attached hydrogen (secondary N) is 1. The van der Waals surface area contributed by atoms with Gasteiger partial charge in [-0.2, -0.15) is 0 Å². The van der Waals surface area contributed by atoms with Gasteiger partial charge in [0, 0.05) is 45.2 Å². The minimum Gasteiger partial charge on any atom is -0.356 e. The maximum Gasteiger partial charge on any atom is 0.225 e. The molecule has 2 heterocycles. The molecular weight excluding hydrogens is 340 g/mol. The number of hydrogen-bond donors (Lipinski definition) is 1. The van der Waals surface area contributed by atoms with Gasteiger partial charge in [-0.05, 0) is 18.8 Å². The standard InChI is InChI=1S/C17H32N4O3S/c1-4-6-18-17(19-12-15-5-11-25(23,24)13-15)21-9-7-20(8-10-21)16(22)14(2)3/h14-15H,4-13H2,1-3H3,(H,18,19). The zero-order chi connectivity index (χ0) is 18.4. The first kappa shape index (κ1) is 20.0. The molecule has 2 aliphatic heterocycles. The summed E-state index contributed by atoms with van der Waals surface area (Å²) in [5.41, 5.74) is 0. The van der Waals surface area contributed by atoms with Crippen molar-refractivity contribution in [2.45, 2.75) is 33.6 Å². The Morgan fingerprint density at radius 2 is 1.84 bits per heavy atom. The summed E-state index contributed by atoms with van der Waals surface area (Å²) in [7, 11) is -2.86. The van der Waals surface area contributed by atoms with Crippen molar-refractivity contribution in [1.29, 1.82) is 0 Å². The number of carbonyl (C=O) groups is 1. The Bertz CT molecular complexity index is 581. The quantitative estimate of drug-likeness (QED) is 0.564. The van der Waals surface area contributed by atoms with Crippen LogP contribution in [0.15, 0.2) is 4.99 Å². The van der Waals surface area contributed by atoms with Crippen molar-refractivity contribution in [2.75, 3.05) is 50.8 Å². The topological polar surface area (TPSA) is 82.1 Å². The first-order valence-corrected chi connectivity index (χ1v) is 11.2. The van der Waals surface area contributed by atoms with E-state index in [0.29, 0.717) is 31.8 Å². The van der Waals surface area contributed by atoms with Crippen molar-refractivity contribution >= 4 is 21.7 Å². The molecule has 2 fully saturated rings. The van der Waals surface area contributed by atoms with Crippen LogP contribution in [0.25, 0.3) is 0 Å². The first-order chi connectivity index (χ1) is 11.8. The van der Waals surface area contributed by atoms with Gasteiger partial charge in [-0.1, -0.05) is 20.8 Å². The fraction of sp³-hybridized carbons (Fsp3) is 0.882. The van der Waals surface area contributed by atoms with Crippen LogP contribution in [0.5, 0.6) is 0 Å². The van der Waals surface area contributed by atoms with E-state index in [9.17, 15) is 13.2 Å². The highest BCUT2D eigenvalue weighted by molar-refractivity contribution is 7.91. The van der Waals surface area contributed by atoms with Crippen LogP contribution in [-0.2, 0) is 14.6 Å². The number of sulfone groups is 1. The largest absolute Gasteiger partial charge is 0.356 e. The highest BCUT2D eigenvalue weighted by atomic mass is 32.2. The Labute approximate surface area is 151 Å². The van der Waals surface area contributed by atoms with Gasteiger partial charge in [0.1, 0.15) is 0 Å². The van der Waals surface area contributed by atoms with Crippen molar-refractivity contribution in [2.24, 2.45) is 16.8 Å². The molecule has 0 spiro atoms. The summed E-state index contributed by atoms with van der Waals surface area (Å²) in [6.07, 6.45) is 1.71. The molecule has 1 amide bonds. The predicted octanol–water partition coefficient (Wildman–Crippen LogP) is 0.577. The zero-order valence-corrected chi connectivity index (χ0v) is 16.5. The number of nitrogens with zero attached hydrogens (tertiary/aromatic N) is 3. The summed E-state index contributed by atoms with van der Waals surface area (Å²) in [4.78, 5) is 20.9. The summed E-state index contributed by atoms with van der Waals surface area (Å²) in [5, 5.41) is 3.37. The average molecular weight is 373 g/mol. The van der Waals surface area contributed by atoms with Crippen LogP contribution in [0.1, 0.15) is 33.6 Å². The van der Waals surface area contributed by atoms with Gasteiger partial charge in [0.2, 0.25) is 5.91 Å². The normalized spacial score (nSPS) is 24.0. The molecule has 0 aromatic heterocycles. The van der Waals surface area contributed by atoms with Crippen molar-refractivity contribution in [3.05, 3.63) is 0 Å². The summed E-state index contributed by atoms with van der Waals surface area (Å²) in [6.45, 7) is 10.3. The molecule has 2 saturated heterocycles. The fourth-order valence-electron chi connectivity index (χ4n) is 3.24. The van der Waals surface area contributed by atoms with E-state index in [0.717, 1.165) is 32.0 Å². The third kappa shape index (κ3) is 5.87. The lowest BCUT2D eigenvalue weighted by atomic mass is 10.1. The number of amides is 1. The van der Waals surface area contributed by atoms with E-state index in [1.54, 1.807) is 0 Å². The monoisotopic (exact) mass is 372 g/mol. The zero-order valence-electron chi connectivity index (χ0n) is 15.7. The number of guanidine groups is 1. The molecule has 1 N–H and O–H groups in total. The van der Waals surface area contributed by atoms with E-state index >= 15 is 0 Å². The van der Waals surface area contributed by atoms with Crippen LogP contribution in [0, 0.1) is 11.8 Å². The summed E-state index contributed by atoms with van der Waals surface area (Å²) in [6, 6.07) is 0. The molecule has 0 aromatic rings. The molecule has 2 rings (SSSR count). The van der Waals surface area contributed by atoms with Crippen molar-refractivity contribution < 1.29 is 13.2 Å². The number of piperazine rings is 1. The van der Waals surface area contributed by atoms with Gasteiger partial charge < -0.3 is 15.1 Å². The van der Waals surface area contributed by atoms with E-state index in [-0.39, 0.29) is 23.5 Å². The Balaban J connectivity index is 1.93. The molecular formula is C17H32N4O3S. The van der Waals surface area contributed by atoms with Gasteiger partial charge in [0.05, 0.1) is 11.5 Å². The number of carbonyl (C=O) groups excluding carboxylic acids is 1. The molecule has 2 aliphatic rings. The molecule has 0 radical (unpaired) electrons. The van der Waals surface area contributed by atoms with Crippen LogP contribution in [-0.4, -0.2) is 80.9 Å². The molecule has 1 unspecified atom stereocenters. The molecule has 8 heteroatoms. The summed E-state index contributed by atoms with van der Waals surface area (Å²) < 4.78 is 23.2. The maximum absolute atomic E-state index is 12.1. The number of rotatable bonds is 5.